The summed E-state index contributed by atoms with van der Waals surface area (Å²) in [6.45, 7) is 6.28. The second-order valence-electron chi connectivity index (χ2n) is 6.29. The maximum Gasteiger partial charge on any atom is 0.0720 e. The molecule has 3 rings (SSSR count). The SMILES string of the molecule is C[C@H]1OCC[C@@H]1NCc1ccc(COC2CCOCC2)cc1. The van der Waals surface area contributed by atoms with Gasteiger partial charge in [-0.1, -0.05) is 24.3 Å². The third-order valence-corrected chi connectivity index (χ3v) is 4.62. The molecule has 2 aliphatic rings. The van der Waals surface area contributed by atoms with E-state index >= 15 is 0 Å². The Hall–Kier alpha value is -0.940. The summed E-state index contributed by atoms with van der Waals surface area (Å²) in [6.07, 6.45) is 3.83. The predicted octanol–water partition coefficient (Wildman–Crippen LogP) is 2.65. The first-order chi connectivity index (χ1) is 10.8. The van der Waals surface area contributed by atoms with Gasteiger partial charge in [0.05, 0.1) is 18.8 Å². The van der Waals surface area contributed by atoms with Crippen LogP contribution >= 0.6 is 0 Å². The standard InChI is InChI=1S/C18H27NO3/c1-14-18(8-11-21-14)19-12-15-2-4-16(5-3-15)13-22-17-6-9-20-10-7-17/h2-5,14,17-19H,6-13H2,1H3/t14-,18+/m1/s1. The van der Waals surface area contributed by atoms with Crippen LogP contribution in [0.25, 0.3) is 0 Å². The molecule has 0 aliphatic carbocycles. The van der Waals surface area contributed by atoms with Crippen LogP contribution in [0.2, 0.25) is 0 Å². The van der Waals surface area contributed by atoms with Gasteiger partial charge in [-0.05, 0) is 37.3 Å². The number of ether oxygens (including phenoxy) is 3. The molecule has 0 unspecified atom stereocenters. The first kappa shape index (κ1) is 15.9. The minimum atomic E-state index is 0.326. The number of hydrogen-bond donors (Lipinski definition) is 1. The molecule has 2 fully saturated rings. The molecule has 0 amide bonds. The van der Waals surface area contributed by atoms with Gasteiger partial charge in [0.25, 0.3) is 0 Å². The van der Waals surface area contributed by atoms with Crippen LogP contribution in [-0.2, 0) is 27.4 Å². The summed E-state index contributed by atoms with van der Waals surface area (Å²) in [5.74, 6) is 0. The molecular formula is C18H27NO3. The van der Waals surface area contributed by atoms with Gasteiger partial charge in [0, 0.05) is 32.4 Å². The molecule has 4 nitrogen and oxygen atoms in total. The molecule has 0 radical (unpaired) electrons. The van der Waals surface area contributed by atoms with Crippen molar-refractivity contribution in [3.8, 4) is 0 Å². The fourth-order valence-corrected chi connectivity index (χ4v) is 3.06. The lowest BCUT2D eigenvalue weighted by molar-refractivity contribution is -0.0390. The molecule has 1 N–H and O–H groups in total. The summed E-state index contributed by atoms with van der Waals surface area (Å²) in [5.41, 5.74) is 2.56. The van der Waals surface area contributed by atoms with Crippen molar-refractivity contribution in [2.75, 3.05) is 19.8 Å². The van der Waals surface area contributed by atoms with E-state index < -0.39 is 0 Å². The Balaban J connectivity index is 1.41. The Morgan fingerprint density at radius 1 is 1.05 bits per heavy atom. The highest BCUT2D eigenvalue weighted by Gasteiger charge is 2.23. The van der Waals surface area contributed by atoms with Crippen LogP contribution in [0.1, 0.15) is 37.3 Å². The zero-order valence-corrected chi connectivity index (χ0v) is 13.4. The summed E-state index contributed by atoms with van der Waals surface area (Å²) in [7, 11) is 0. The van der Waals surface area contributed by atoms with Gasteiger partial charge >= 0.3 is 0 Å². The van der Waals surface area contributed by atoms with Crippen molar-refractivity contribution >= 4 is 0 Å². The molecule has 0 bridgehead atoms. The number of rotatable bonds is 6. The van der Waals surface area contributed by atoms with Crippen LogP contribution in [0.5, 0.6) is 0 Å². The lowest BCUT2D eigenvalue weighted by atomic mass is 10.1. The van der Waals surface area contributed by atoms with Gasteiger partial charge in [0.1, 0.15) is 0 Å². The van der Waals surface area contributed by atoms with E-state index in [-0.39, 0.29) is 0 Å². The average molecular weight is 305 g/mol. The summed E-state index contributed by atoms with van der Waals surface area (Å²) in [6, 6.07) is 9.21. The normalized spacial score (nSPS) is 26.4. The molecule has 2 atom stereocenters. The predicted molar refractivity (Wildman–Crippen MR) is 85.7 cm³/mol. The van der Waals surface area contributed by atoms with Crippen molar-refractivity contribution in [1.82, 2.24) is 5.32 Å². The zero-order valence-electron chi connectivity index (χ0n) is 13.4. The van der Waals surface area contributed by atoms with E-state index in [0.717, 1.165) is 45.6 Å². The van der Waals surface area contributed by atoms with Crippen LogP contribution < -0.4 is 5.32 Å². The lowest BCUT2D eigenvalue weighted by Crippen LogP contribution is -2.34. The van der Waals surface area contributed by atoms with Gasteiger partial charge in [0.15, 0.2) is 0 Å². The first-order valence-corrected chi connectivity index (χ1v) is 8.43. The van der Waals surface area contributed by atoms with Crippen molar-refractivity contribution in [3.63, 3.8) is 0 Å². The Bertz CT molecular complexity index is 442. The van der Waals surface area contributed by atoms with E-state index in [2.05, 4.69) is 36.5 Å². The molecule has 2 heterocycles. The largest absolute Gasteiger partial charge is 0.381 e. The third-order valence-electron chi connectivity index (χ3n) is 4.62. The minimum Gasteiger partial charge on any atom is -0.381 e. The smallest absolute Gasteiger partial charge is 0.0720 e. The van der Waals surface area contributed by atoms with E-state index in [1.807, 2.05) is 0 Å². The summed E-state index contributed by atoms with van der Waals surface area (Å²) in [5, 5.41) is 3.58. The van der Waals surface area contributed by atoms with Gasteiger partial charge in [0.2, 0.25) is 0 Å². The monoisotopic (exact) mass is 305 g/mol. The topological polar surface area (TPSA) is 39.7 Å². The van der Waals surface area contributed by atoms with Crippen molar-refractivity contribution in [1.29, 1.82) is 0 Å². The lowest BCUT2D eigenvalue weighted by Gasteiger charge is -2.22. The highest BCUT2D eigenvalue weighted by molar-refractivity contribution is 5.22. The van der Waals surface area contributed by atoms with Crippen LogP contribution in [0.3, 0.4) is 0 Å². The number of hydrogen-bond acceptors (Lipinski definition) is 4. The van der Waals surface area contributed by atoms with Crippen LogP contribution in [-0.4, -0.2) is 38.1 Å². The van der Waals surface area contributed by atoms with Crippen molar-refractivity contribution in [2.45, 2.75) is 57.6 Å². The molecule has 0 saturated carbocycles. The summed E-state index contributed by atoms with van der Waals surface area (Å²) in [4.78, 5) is 0. The highest BCUT2D eigenvalue weighted by Crippen LogP contribution is 2.15. The molecule has 0 spiro atoms. The first-order valence-electron chi connectivity index (χ1n) is 8.43. The number of nitrogens with one attached hydrogen (secondary N) is 1. The van der Waals surface area contributed by atoms with Crippen molar-refractivity contribution < 1.29 is 14.2 Å². The van der Waals surface area contributed by atoms with E-state index in [0.29, 0.717) is 24.9 Å². The maximum absolute atomic E-state index is 5.95. The number of benzene rings is 1. The highest BCUT2D eigenvalue weighted by atomic mass is 16.5. The third kappa shape index (κ3) is 4.53. The molecule has 2 saturated heterocycles. The average Bonchev–Trinajstić information content (AvgIpc) is 2.98. The Kier molecular flexibility index (Phi) is 5.84. The van der Waals surface area contributed by atoms with E-state index in [1.165, 1.54) is 11.1 Å². The molecule has 122 valence electrons. The van der Waals surface area contributed by atoms with Gasteiger partial charge < -0.3 is 19.5 Å². The van der Waals surface area contributed by atoms with Gasteiger partial charge in [-0.2, -0.15) is 0 Å². The zero-order chi connectivity index (χ0) is 15.2. The quantitative estimate of drug-likeness (QED) is 0.877. The van der Waals surface area contributed by atoms with Crippen LogP contribution in [0.4, 0.5) is 0 Å². The molecule has 0 aromatic heterocycles. The second-order valence-corrected chi connectivity index (χ2v) is 6.29. The molecule has 2 aliphatic heterocycles. The fourth-order valence-electron chi connectivity index (χ4n) is 3.06. The Labute approximate surface area is 133 Å². The maximum atomic E-state index is 5.95. The van der Waals surface area contributed by atoms with E-state index in [1.54, 1.807) is 0 Å². The molecular weight excluding hydrogens is 278 g/mol. The van der Waals surface area contributed by atoms with Crippen LogP contribution in [0.15, 0.2) is 24.3 Å². The fraction of sp³-hybridized carbons (Fsp3) is 0.667. The van der Waals surface area contributed by atoms with Crippen molar-refractivity contribution in [2.24, 2.45) is 0 Å². The van der Waals surface area contributed by atoms with E-state index in [4.69, 9.17) is 14.2 Å². The van der Waals surface area contributed by atoms with Crippen molar-refractivity contribution in [3.05, 3.63) is 35.4 Å². The van der Waals surface area contributed by atoms with Gasteiger partial charge in [-0.25, -0.2) is 0 Å². The second kappa shape index (κ2) is 8.06. The van der Waals surface area contributed by atoms with Crippen LogP contribution in [0, 0.1) is 0 Å². The van der Waals surface area contributed by atoms with Gasteiger partial charge in [-0.3, -0.25) is 0 Å². The van der Waals surface area contributed by atoms with E-state index in [9.17, 15) is 0 Å². The molecule has 4 heteroatoms. The molecule has 22 heavy (non-hydrogen) atoms. The Morgan fingerprint density at radius 3 is 2.45 bits per heavy atom. The Morgan fingerprint density at radius 2 is 1.77 bits per heavy atom. The molecule has 1 aromatic carbocycles. The molecule has 1 aromatic rings. The summed E-state index contributed by atoms with van der Waals surface area (Å²) < 4.78 is 16.9. The minimum absolute atomic E-state index is 0.326. The van der Waals surface area contributed by atoms with Gasteiger partial charge in [-0.15, -0.1) is 0 Å². The summed E-state index contributed by atoms with van der Waals surface area (Å²) >= 11 is 0.